The minimum absolute atomic E-state index is 0.0625. The van der Waals surface area contributed by atoms with E-state index in [1.165, 1.54) is 0 Å². The summed E-state index contributed by atoms with van der Waals surface area (Å²) in [5.41, 5.74) is 0. The van der Waals surface area contributed by atoms with E-state index in [4.69, 9.17) is 4.74 Å². The molecular weight excluding hydrogens is 256 g/mol. The molecule has 5 heteroatoms. The van der Waals surface area contributed by atoms with E-state index < -0.39 is 0 Å². The fourth-order valence-electron chi connectivity index (χ4n) is 3.01. The SMILES string of the molecule is C=CCN1CC(C(=O)N2CCC(OCC)CC2)CC1=O. The van der Waals surface area contributed by atoms with Gasteiger partial charge in [0, 0.05) is 39.2 Å². The maximum atomic E-state index is 12.4. The fourth-order valence-corrected chi connectivity index (χ4v) is 3.01. The van der Waals surface area contributed by atoms with Gasteiger partial charge in [-0.25, -0.2) is 0 Å². The van der Waals surface area contributed by atoms with Gasteiger partial charge in [0.05, 0.1) is 12.0 Å². The summed E-state index contributed by atoms with van der Waals surface area (Å²) >= 11 is 0. The molecule has 0 spiro atoms. The summed E-state index contributed by atoms with van der Waals surface area (Å²) in [4.78, 5) is 27.8. The number of nitrogens with zero attached hydrogens (tertiary/aromatic N) is 2. The second-order valence-corrected chi connectivity index (χ2v) is 5.47. The molecule has 0 aromatic heterocycles. The van der Waals surface area contributed by atoms with Crippen molar-refractivity contribution < 1.29 is 14.3 Å². The second-order valence-electron chi connectivity index (χ2n) is 5.47. The van der Waals surface area contributed by atoms with Crippen molar-refractivity contribution in [1.82, 2.24) is 9.80 Å². The highest BCUT2D eigenvalue weighted by atomic mass is 16.5. The maximum absolute atomic E-state index is 12.4. The first-order valence-electron chi connectivity index (χ1n) is 7.44. The summed E-state index contributed by atoms with van der Waals surface area (Å²) in [5.74, 6) is 0.0124. The molecule has 112 valence electrons. The molecule has 0 aliphatic carbocycles. The lowest BCUT2D eigenvalue weighted by Gasteiger charge is -2.33. The Kier molecular flexibility index (Phi) is 5.17. The summed E-state index contributed by atoms with van der Waals surface area (Å²) in [5, 5.41) is 0. The average molecular weight is 280 g/mol. The number of hydrogen-bond donors (Lipinski definition) is 0. The number of piperidine rings is 1. The Labute approximate surface area is 120 Å². The summed E-state index contributed by atoms with van der Waals surface area (Å²) in [6.45, 7) is 8.93. The van der Waals surface area contributed by atoms with E-state index in [2.05, 4.69) is 6.58 Å². The van der Waals surface area contributed by atoms with Crippen LogP contribution >= 0.6 is 0 Å². The predicted octanol–water partition coefficient (Wildman–Crippen LogP) is 1.05. The highest BCUT2D eigenvalue weighted by molar-refractivity contribution is 5.89. The minimum atomic E-state index is -0.175. The predicted molar refractivity (Wildman–Crippen MR) is 76.1 cm³/mol. The van der Waals surface area contributed by atoms with Crippen molar-refractivity contribution in [3.05, 3.63) is 12.7 Å². The first kappa shape index (κ1) is 15.0. The van der Waals surface area contributed by atoms with Crippen molar-refractivity contribution in [3.63, 3.8) is 0 Å². The Balaban J connectivity index is 1.84. The zero-order valence-corrected chi connectivity index (χ0v) is 12.2. The summed E-state index contributed by atoms with van der Waals surface area (Å²) < 4.78 is 5.59. The van der Waals surface area contributed by atoms with Crippen molar-refractivity contribution in [2.24, 2.45) is 5.92 Å². The standard InChI is InChI=1S/C15H24N2O3/c1-3-7-17-11-12(10-14(17)18)15(19)16-8-5-13(6-9-16)20-4-2/h3,12-13H,1,4-11H2,2H3. The van der Waals surface area contributed by atoms with E-state index in [1.807, 2.05) is 11.8 Å². The van der Waals surface area contributed by atoms with E-state index in [1.54, 1.807) is 11.0 Å². The molecular formula is C15H24N2O3. The summed E-state index contributed by atoms with van der Waals surface area (Å²) in [6, 6.07) is 0. The van der Waals surface area contributed by atoms with Crippen LogP contribution in [0.4, 0.5) is 0 Å². The molecule has 0 aromatic rings. The van der Waals surface area contributed by atoms with Crippen molar-refractivity contribution in [2.45, 2.75) is 32.3 Å². The van der Waals surface area contributed by atoms with Crippen LogP contribution in [-0.2, 0) is 14.3 Å². The summed E-state index contributed by atoms with van der Waals surface area (Å²) in [6.07, 6.45) is 4.13. The van der Waals surface area contributed by atoms with Gasteiger partial charge in [0.25, 0.3) is 0 Å². The van der Waals surface area contributed by atoms with Gasteiger partial charge < -0.3 is 14.5 Å². The lowest BCUT2D eigenvalue weighted by Crippen LogP contribution is -2.44. The van der Waals surface area contributed by atoms with E-state index in [9.17, 15) is 9.59 Å². The van der Waals surface area contributed by atoms with Gasteiger partial charge in [-0.05, 0) is 19.8 Å². The molecule has 5 nitrogen and oxygen atoms in total. The maximum Gasteiger partial charge on any atom is 0.227 e. The van der Waals surface area contributed by atoms with Crippen molar-refractivity contribution in [1.29, 1.82) is 0 Å². The second kappa shape index (κ2) is 6.88. The van der Waals surface area contributed by atoms with Crippen LogP contribution in [0.1, 0.15) is 26.2 Å². The number of likely N-dealkylation sites (tertiary alicyclic amines) is 2. The highest BCUT2D eigenvalue weighted by Gasteiger charge is 2.36. The van der Waals surface area contributed by atoms with Gasteiger partial charge in [0.2, 0.25) is 11.8 Å². The number of carbonyl (C=O) groups is 2. The molecule has 2 saturated heterocycles. The molecule has 0 saturated carbocycles. The molecule has 1 unspecified atom stereocenters. The molecule has 0 N–H and O–H groups in total. The number of amides is 2. The molecule has 0 radical (unpaired) electrons. The normalized spacial score (nSPS) is 24.2. The lowest BCUT2D eigenvalue weighted by molar-refractivity contribution is -0.138. The van der Waals surface area contributed by atoms with Crippen LogP contribution in [0.3, 0.4) is 0 Å². The fraction of sp³-hybridized carbons (Fsp3) is 0.733. The minimum Gasteiger partial charge on any atom is -0.378 e. The van der Waals surface area contributed by atoms with Gasteiger partial charge in [-0.15, -0.1) is 6.58 Å². The topological polar surface area (TPSA) is 49.9 Å². The Bertz CT molecular complexity index is 375. The van der Waals surface area contributed by atoms with Crippen LogP contribution in [0.15, 0.2) is 12.7 Å². The number of carbonyl (C=O) groups excluding carboxylic acids is 2. The van der Waals surface area contributed by atoms with Crippen LogP contribution in [0, 0.1) is 5.92 Å². The summed E-state index contributed by atoms with van der Waals surface area (Å²) in [7, 11) is 0. The highest BCUT2D eigenvalue weighted by Crippen LogP contribution is 2.22. The van der Waals surface area contributed by atoms with Gasteiger partial charge in [-0.2, -0.15) is 0 Å². The number of hydrogen-bond acceptors (Lipinski definition) is 3. The van der Waals surface area contributed by atoms with Crippen molar-refractivity contribution in [3.8, 4) is 0 Å². The monoisotopic (exact) mass is 280 g/mol. The van der Waals surface area contributed by atoms with Crippen LogP contribution in [0.2, 0.25) is 0 Å². The van der Waals surface area contributed by atoms with Gasteiger partial charge in [-0.3, -0.25) is 9.59 Å². The molecule has 0 aromatic carbocycles. The molecule has 1 atom stereocenters. The van der Waals surface area contributed by atoms with Gasteiger partial charge in [0.15, 0.2) is 0 Å². The van der Waals surface area contributed by atoms with Crippen molar-refractivity contribution >= 4 is 11.8 Å². The zero-order valence-electron chi connectivity index (χ0n) is 12.2. The Hall–Kier alpha value is -1.36. The third kappa shape index (κ3) is 3.39. The molecule has 2 aliphatic heterocycles. The quantitative estimate of drug-likeness (QED) is 0.707. The first-order valence-corrected chi connectivity index (χ1v) is 7.44. The average Bonchev–Trinajstić information content (AvgIpc) is 2.81. The Morgan fingerprint density at radius 2 is 2.15 bits per heavy atom. The molecule has 0 bridgehead atoms. The smallest absolute Gasteiger partial charge is 0.227 e. The van der Waals surface area contributed by atoms with Crippen LogP contribution in [0.5, 0.6) is 0 Å². The third-order valence-corrected chi connectivity index (χ3v) is 4.07. The third-order valence-electron chi connectivity index (χ3n) is 4.07. The van der Waals surface area contributed by atoms with Crippen LogP contribution in [0.25, 0.3) is 0 Å². The zero-order chi connectivity index (χ0) is 14.5. The molecule has 2 heterocycles. The lowest BCUT2D eigenvalue weighted by atomic mass is 10.0. The molecule has 2 amide bonds. The van der Waals surface area contributed by atoms with Gasteiger partial charge in [0.1, 0.15) is 0 Å². The Morgan fingerprint density at radius 1 is 1.45 bits per heavy atom. The van der Waals surface area contributed by atoms with E-state index in [0.29, 0.717) is 19.5 Å². The molecule has 2 aliphatic rings. The van der Waals surface area contributed by atoms with Crippen LogP contribution in [-0.4, -0.2) is 60.5 Å². The van der Waals surface area contributed by atoms with Crippen molar-refractivity contribution in [2.75, 3.05) is 32.8 Å². The first-order chi connectivity index (χ1) is 9.65. The molecule has 20 heavy (non-hydrogen) atoms. The van der Waals surface area contributed by atoms with Crippen LogP contribution < -0.4 is 0 Å². The van der Waals surface area contributed by atoms with Gasteiger partial charge in [-0.1, -0.05) is 6.08 Å². The number of ether oxygens (including phenoxy) is 1. The number of rotatable bonds is 5. The van der Waals surface area contributed by atoms with Gasteiger partial charge >= 0.3 is 0 Å². The van der Waals surface area contributed by atoms with E-state index >= 15 is 0 Å². The molecule has 2 rings (SSSR count). The van der Waals surface area contributed by atoms with E-state index in [0.717, 1.165) is 32.5 Å². The Morgan fingerprint density at radius 3 is 2.75 bits per heavy atom. The van der Waals surface area contributed by atoms with E-state index in [-0.39, 0.29) is 23.8 Å². The molecule has 2 fully saturated rings. The largest absolute Gasteiger partial charge is 0.378 e.